The number of benzene rings is 2. The molecule has 0 heterocycles. The Kier molecular flexibility index (Phi) is 5.71. The standard InChI is InChI=1S/C20H20N2O5/c1-26-18(23)12-27-17-10-8-16(9-11-17)22-20(25)14-4-6-15(7-5-14)21-19(24)13-2-3-13/h4-11,13H,2-3,12H2,1H3,(H,21,24)(H,22,25). The average molecular weight is 368 g/mol. The van der Waals surface area contributed by atoms with Gasteiger partial charge in [0.1, 0.15) is 5.75 Å². The van der Waals surface area contributed by atoms with Crippen LogP contribution in [-0.4, -0.2) is 31.5 Å². The van der Waals surface area contributed by atoms with E-state index in [1.165, 1.54) is 7.11 Å². The number of hydrogen-bond donors (Lipinski definition) is 2. The number of amides is 2. The molecule has 3 rings (SSSR count). The third-order valence-electron chi connectivity index (χ3n) is 4.06. The zero-order chi connectivity index (χ0) is 19.2. The van der Waals surface area contributed by atoms with Gasteiger partial charge in [0.05, 0.1) is 7.11 Å². The van der Waals surface area contributed by atoms with Gasteiger partial charge >= 0.3 is 5.97 Å². The quantitative estimate of drug-likeness (QED) is 0.733. The van der Waals surface area contributed by atoms with Crippen molar-refractivity contribution < 1.29 is 23.9 Å². The van der Waals surface area contributed by atoms with E-state index in [1.807, 2.05) is 0 Å². The van der Waals surface area contributed by atoms with Gasteiger partial charge in [0.15, 0.2) is 6.61 Å². The Morgan fingerprint density at radius 2 is 1.52 bits per heavy atom. The SMILES string of the molecule is COC(=O)COc1ccc(NC(=O)c2ccc(NC(=O)C3CC3)cc2)cc1. The van der Waals surface area contributed by atoms with Gasteiger partial charge in [-0.2, -0.15) is 0 Å². The summed E-state index contributed by atoms with van der Waals surface area (Å²) in [4.78, 5) is 35.1. The summed E-state index contributed by atoms with van der Waals surface area (Å²) >= 11 is 0. The van der Waals surface area contributed by atoms with Crippen LogP contribution in [0.3, 0.4) is 0 Å². The number of methoxy groups -OCH3 is 1. The van der Waals surface area contributed by atoms with Crippen LogP contribution >= 0.6 is 0 Å². The second-order valence-corrected chi connectivity index (χ2v) is 6.18. The smallest absolute Gasteiger partial charge is 0.343 e. The highest BCUT2D eigenvalue weighted by Crippen LogP contribution is 2.30. The van der Waals surface area contributed by atoms with Gasteiger partial charge in [0, 0.05) is 22.9 Å². The molecule has 2 aromatic carbocycles. The van der Waals surface area contributed by atoms with Crippen LogP contribution in [0.1, 0.15) is 23.2 Å². The molecule has 0 aliphatic heterocycles. The van der Waals surface area contributed by atoms with Crippen molar-refractivity contribution in [3.05, 3.63) is 54.1 Å². The lowest BCUT2D eigenvalue weighted by atomic mass is 10.2. The van der Waals surface area contributed by atoms with E-state index in [9.17, 15) is 14.4 Å². The maximum atomic E-state index is 12.3. The molecule has 27 heavy (non-hydrogen) atoms. The van der Waals surface area contributed by atoms with E-state index in [0.717, 1.165) is 12.8 Å². The van der Waals surface area contributed by atoms with Crippen molar-refractivity contribution in [2.75, 3.05) is 24.4 Å². The number of nitrogens with one attached hydrogen (secondary N) is 2. The number of hydrogen-bond acceptors (Lipinski definition) is 5. The summed E-state index contributed by atoms with van der Waals surface area (Å²) in [5, 5.41) is 5.61. The number of esters is 1. The first kappa shape index (κ1) is 18.4. The molecule has 0 bridgehead atoms. The molecule has 0 radical (unpaired) electrons. The van der Waals surface area contributed by atoms with E-state index in [0.29, 0.717) is 22.7 Å². The zero-order valence-electron chi connectivity index (χ0n) is 14.9. The lowest BCUT2D eigenvalue weighted by molar-refractivity contribution is -0.142. The van der Waals surface area contributed by atoms with E-state index < -0.39 is 5.97 Å². The van der Waals surface area contributed by atoms with Crippen molar-refractivity contribution in [2.24, 2.45) is 5.92 Å². The predicted molar refractivity (Wildman–Crippen MR) is 99.7 cm³/mol. The molecule has 0 unspecified atom stereocenters. The third-order valence-corrected chi connectivity index (χ3v) is 4.06. The van der Waals surface area contributed by atoms with E-state index in [4.69, 9.17) is 4.74 Å². The molecule has 1 aliphatic rings. The van der Waals surface area contributed by atoms with Crippen molar-refractivity contribution in [1.82, 2.24) is 0 Å². The topological polar surface area (TPSA) is 93.7 Å². The maximum Gasteiger partial charge on any atom is 0.343 e. The van der Waals surface area contributed by atoms with Crippen molar-refractivity contribution in [1.29, 1.82) is 0 Å². The Morgan fingerprint density at radius 3 is 2.11 bits per heavy atom. The van der Waals surface area contributed by atoms with Gasteiger partial charge in [-0.25, -0.2) is 4.79 Å². The Labute approximate surface area is 156 Å². The van der Waals surface area contributed by atoms with Gasteiger partial charge in [-0.05, 0) is 61.4 Å². The van der Waals surface area contributed by atoms with Gasteiger partial charge in [0.25, 0.3) is 5.91 Å². The molecule has 140 valence electrons. The number of carbonyl (C=O) groups excluding carboxylic acids is 3. The molecule has 2 amide bonds. The molecular formula is C20H20N2O5. The molecular weight excluding hydrogens is 348 g/mol. The number of rotatable bonds is 7. The highest BCUT2D eigenvalue weighted by molar-refractivity contribution is 6.04. The van der Waals surface area contributed by atoms with Gasteiger partial charge in [0.2, 0.25) is 5.91 Å². The average Bonchev–Trinajstić information content (AvgIpc) is 3.53. The highest BCUT2D eigenvalue weighted by atomic mass is 16.6. The first-order chi connectivity index (χ1) is 13.0. The van der Waals surface area contributed by atoms with Crippen LogP contribution < -0.4 is 15.4 Å². The largest absolute Gasteiger partial charge is 0.482 e. The molecule has 7 nitrogen and oxygen atoms in total. The van der Waals surface area contributed by atoms with Crippen molar-refractivity contribution in [2.45, 2.75) is 12.8 Å². The van der Waals surface area contributed by atoms with Gasteiger partial charge < -0.3 is 20.1 Å². The Morgan fingerprint density at radius 1 is 0.926 bits per heavy atom. The summed E-state index contributed by atoms with van der Waals surface area (Å²) < 4.78 is 9.74. The van der Waals surface area contributed by atoms with Crippen molar-refractivity contribution >= 4 is 29.2 Å². The first-order valence-corrected chi connectivity index (χ1v) is 8.57. The summed E-state index contributed by atoms with van der Waals surface area (Å²) in [6.45, 7) is -0.175. The number of anilines is 2. The minimum absolute atomic E-state index is 0.0294. The predicted octanol–water partition coefficient (Wildman–Crippen LogP) is 2.84. The van der Waals surface area contributed by atoms with Crippen LogP contribution in [0, 0.1) is 5.92 Å². The summed E-state index contributed by atoms with van der Waals surface area (Å²) in [5.74, 6) is -0.0779. The van der Waals surface area contributed by atoms with Crippen LogP contribution in [-0.2, 0) is 14.3 Å². The van der Waals surface area contributed by atoms with Crippen molar-refractivity contribution in [3.63, 3.8) is 0 Å². The fourth-order valence-corrected chi connectivity index (χ4v) is 2.33. The van der Waals surface area contributed by atoms with Crippen molar-refractivity contribution in [3.8, 4) is 5.75 Å². The van der Waals surface area contributed by atoms with Crippen LogP contribution in [0.15, 0.2) is 48.5 Å². The van der Waals surface area contributed by atoms with E-state index in [1.54, 1.807) is 48.5 Å². The summed E-state index contributed by atoms with van der Waals surface area (Å²) in [7, 11) is 1.29. The van der Waals surface area contributed by atoms with Gasteiger partial charge in [-0.3, -0.25) is 9.59 Å². The minimum atomic E-state index is -0.468. The van der Waals surface area contributed by atoms with E-state index in [2.05, 4.69) is 15.4 Å². The minimum Gasteiger partial charge on any atom is -0.482 e. The number of carbonyl (C=O) groups is 3. The molecule has 2 aromatic rings. The highest BCUT2D eigenvalue weighted by Gasteiger charge is 2.29. The Hall–Kier alpha value is -3.35. The van der Waals surface area contributed by atoms with E-state index >= 15 is 0 Å². The first-order valence-electron chi connectivity index (χ1n) is 8.57. The fraction of sp³-hybridized carbons (Fsp3) is 0.250. The molecule has 1 fully saturated rings. The fourth-order valence-electron chi connectivity index (χ4n) is 2.33. The Bertz CT molecular complexity index is 826. The molecule has 0 spiro atoms. The normalized spacial score (nSPS) is 12.8. The lowest BCUT2D eigenvalue weighted by Gasteiger charge is -2.09. The summed E-state index contributed by atoms with van der Waals surface area (Å²) in [6.07, 6.45) is 1.89. The second kappa shape index (κ2) is 8.35. The third kappa shape index (κ3) is 5.31. The van der Waals surface area contributed by atoms with Crippen LogP contribution in [0.2, 0.25) is 0 Å². The van der Waals surface area contributed by atoms with Gasteiger partial charge in [-0.15, -0.1) is 0 Å². The van der Waals surface area contributed by atoms with Crippen LogP contribution in [0.5, 0.6) is 5.75 Å². The molecule has 1 aliphatic carbocycles. The second-order valence-electron chi connectivity index (χ2n) is 6.18. The molecule has 0 saturated heterocycles. The lowest BCUT2D eigenvalue weighted by Crippen LogP contribution is -2.14. The summed E-state index contributed by atoms with van der Waals surface area (Å²) in [5.41, 5.74) is 1.75. The molecule has 0 aromatic heterocycles. The Balaban J connectivity index is 1.53. The van der Waals surface area contributed by atoms with Crippen LogP contribution in [0.25, 0.3) is 0 Å². The van der Waals surface area contributed by atoms with Gasteiger partial charge in [-0.1, -0.05) is 0 Å². The zero-order valence-corrected chi connectivity index (χ0v) is 14.9. The molecule has 0 atom stereocenters. The maximum absolute atomic E-state index is 12.3. The monoisotopic (exact) mass is 368 g/mol. The molecule has 2 N–H and O–H groups in total. The van der Waals surface area contributed by atoms with E-state index in [-0.39, 0.29) is 24.3 Å². The van der Waals surface area contributed by atoms with Crippen LogP contribution in [0.4, 0.5) is 11.4 Å². The summed E-state index contributed by atoms with van der Waals surface area (Å²) in [6, 6.07) is 13.4. The number of ether oxygens (including phenoxy) is 2. The molecule has 7 heteroatoms. The molecule has 1 saturated carbocycles.